The Balaban J connectivity index is 1.63. The summed E-state index contributed by atoms with van der Waals surface area (Å²) < 4.78 is 27.1. The fraction of sp³-hybridized carbons (Fsp3) is 0.438. The van der Waals surface area contributed by atoms with E-state index in [1.807, 2.05) is 25.4 Å². The van der Waals surface area contributed by atoms with Crippen molar-refractivity contribution in [3.05, 3.63) is 36.2 Å². The molecule has 0 aliphatic carbocycles. The van der Waals surface area contributed by atoms with Gasteiger partial charge in [-0.3, -0.25) is 4.72 Å². The van der Waals surface area contributed by atoms with Crippen molar-refractivity contribution < 1.29 is 8.42 Å². The van der Waals surface area contributed by atoms with Gasteiger partial charge in [0.25, 0.3) is 0 Å². The topological polar surface area (TPSA) is 70.5 Å². The summed E-state index contributed by atoms with van der Waals surface area (Å²) in [6, 6.07) is 7.50. The number of anilines is 3. The lowest BCUT2D eigenvalue weighted by Crippen LogP contribution is -2.47. The largest absolute Gasteiger partial charge is 0.368 e. The van der Waals surface area contributed by atoms with Gasteiger partial charge in [0.05, 0.1) is 12.5 Å². The van der Waals surface area contributed by atoms with Gasteiger partial charge in [-0.2, -0.15) is 0 Å². The number of sulfonamides is 1. The molecule has 0 atom stereocenters. The second kappa shape index (κ2) is 6.35. The van der Waals surface area contributed by atoms with Crippen LogP contribution in [-0.4, -0.2) is 50.4 Å². The fourth-order valence-corrected chi connectivity index (χ4v) is 3.46. The standard InChI is InChI=1S/C16H23N5O2S/c1-13-12-17-16(19(13)2)21-10-8-20(9-11-21)15-6-4-14(5-7-15)18-24(3,22)23/h4-7,12,18H,8-11H2,1-3H3. The second-order valence-electron chi connectivity index (χ2n) is 6.15. The number of nitrogens with one attached hydrogen (secondary N) is 1. The van der Waals surface area contributed by atoms with Crippen molar-refractivity contribution in [3.63, 3.8) is 0 Å². The van der Waals surface area contributed by atoms with Crippen LogP contribution in [0.5, 0.6) is 0 Å². The maximum atomic E-state index is 11.3. The molecular weight excluding hydrogens is 326 g/mol. The van der Waals surface area contributed by atoms with E-state index in [0.29, 0.717) is 5.69 Å². The normalized spacial score (nSPS) is 15.6. The zero-order chi connectivity index (χ0) is 17.3. The third kappa shape index (κ3) is 3.64. The third-order valence-corrected chi connectivity index (χ3v) is 4.90. The van der Waals surface area contributed by atoms with Crippen LogP contribution in [0.25, 0.3) is 0 Å². The van der Waals surface area contributed by atoms with Gasteiger partial charge in [-0.25, -0.2) is 13.4 Å². The summed E-state index contributed by atoms with van der Waals surface area (Å²) in [7, 11) is -1.20. The monoisotopic (exact) mass is 349 g/mol. The van der Waals surface area contributed by atoms with Gasteiger partial charge in [-0.15, -0.1) is 0 Å². The lowest BCUT2D eigenvalue weighted by atomic mass is 10.2. The quantitative estimate of drug-likeness (QED) is 0.904. The minimum atomic E-state index is -3.23. The molecular formula is C16H23N5O2S. The summed E-state index contributed by atoms with van der Waals surface area (Å²) in [6.45, 7) is 5.69. The van der Waals surface area contributed by atoms with E-state index < -0.39 is 10.0 Å². The Morgan fingerprint density at radius 2 is 1.62 bits per heavy atom. The number of hydrogen-bond donors (Lipinski definition) is 1. The van der Waals surface area contributed by atoms with Crippen molar-refractivity contribution in [1.29, 1.82) is 0 Å². The Kier molecular flexibility index (Phi) is 4.40. The van der Waals surface area contributed by atoms with Crippen molar-refractivity contribution in [3.8, 4) is 0 Å². The Labute approximate surface area is 143 Å². The average molecular weight is 349 g/mol. The van der Waals surface area contributed by atoms with E-state index in [9.17, 15) is 8.42 Å². The number of benzene rings is 1. The molecule has 1 aromatic heterocycles. The predicted octanol–water partition coefficient (Wildman–Crippen LogP) is 1.43. The van der Waals surface area contributed by atoms with Crippen LogP contribution < -0.4 is 14.5 Å². The Hall–Kier alpha value is -2.22. The molecule has 1 aromatic carbocycles. The molecule has 1 N–H and O–H groups in total. The van der Waals surface area contributed by atoms with Crippen LogP contribution in [-0.2, 0) is 17.1 Å². The summed E-state index contributed by atoms with van der Waals surface area (Å²) in [4.78, 5) is 9.08. The third-order valence-electron chi connectivity index (χ3n) is 4.29. The molecule has 1 aliphatic heterocycles. The number of nitrogens with zero attached hydrogens (tertiary/aromatic N) is 4. The minimum absolute atomic E-state index is 0.586. The molecule has 3 rings (SSSR count). The zero-order valence-electron chi connectivity index (χ0n) is 14.2. The number of imidazole rings is 1. The summed E-state index contributed by atoms with van der Waals surface area (Å²) in [5.41, 5.74) is 2.84. The number of aromatic nitrogens is 2. The summed E-state index contributed by atoms with van der Waals surface area (Å²) >= 11 is 0. The molecule has 130 valence electrons. The molecule has 8 heteroatoms. The highest BCUT2D eigenvalue weighted by Gasteiger charge is 2.20. The number of aryl methyl sites for hydroxylation is 1. The van der Waals surface area contributed by atoms with Crippen molar-refractivity contribution in [2.45, 2.75) is 6.92 Å². The molecule has 0 saturated carbocycles. The van der Waals surface area contributed by atoms with E-state index in [-0.39, 0.29) is 0 Å². The van der Waals surface area contributed by atoms with Crippen LogP contribution >= 0.6 is 0 Å². The van der Waals surface area contributed by atoms with Gasteiger partial charge in [0, 0.05) is 50.3 Å². The molecule has 0 unspecified atom stereocenters. The first kappa shape index (κ1) is 16.6. The Morgan fingerprint density at radius 3 is 2.12 bits per heavy atom. The average Bonchev–Trinajstić information content (AvgIpc) is 2.86. The highest BCUT2D eigenvalue weighted by molar-refractivity contribution is 7.92. The van der Waals surface area contributed by atoms with Crippen molar-refractivity contribution in [2.75, 3.05) is 47.0 Å². The summed E-state index contributed by atoms with van der Waals surface area (Å²) in [5.74, 6) is 1.01. The first-order valence-corrected chi connectivity index (χ1v) is 9.79. The van der Waals surface area contributed by atoms with E-state index >= 15 is 0 Å². The lowest BCUT2D eigenvalue weighted by molar-refractivity contribution is 0.607. The molecule has 0 radical (unpaired) electrons. The maximum Gasteiger partial charge on any atom is 0.229 e. The SMILES string of the molecule is Cc1cnc(N2CCN(c3ccc(NS(C)(=O)=O)cc3)CC2)n1C. The van der Waals surface area contributed by atoms with E-state index in [0.717, 1.165) is 49.8 Å². The van der Waals surface area contributed by atoms with Gasteiger partial charge in [0.15, 0.2) is 0 Å². The summed E-state index contributed by atoms with van der Waals surface area (Å²) in [6.07, 6.45) is 3.05. The van der Waals surface area contributed by atoms with Gasteiger partial charge in [-0.05, 0) is 31.2 Å². The highest BCUT2D eigenvalue weighted by Crippen LogP contribution is 2.22. The number of hydrogen-bond acceptors (Lipinski definition) is 5. The van der Waals surface area contributed by atoms with Crippen LogP contribution in [0.2, 0.25) is 0 Å². The van der Waals surface area contributed by atoms with E-state index in [4.69, 9.17) is 0 Å². The van der Waals surface area contributed by atoms with Gasteiger partial charge >= 0.3 is 0 Å². The van der Waals surface area contributed by atoms with E-state index in [1.165, 1.54) is 0 Å². The molecule has 24 heavy (non-hydrogen) atoms. The van der Waals surface area contributed by atoms with Gasteiger partial charge in [-0.1, -0.05) is 0 Å². The van der Waals surface area contributed by atoms with Crippen LogP contribution in [0, 0.1) is 6.92 Å². The Morgan fingerprint density at radius 1 is 1.04 bits per heavy atom. The van der Waals surface area contributed by atoms with Gasteiger partial charge in [0.1, 0.15) is 0 Å². The molecule has 1 saturated heterocycles. The molecule has 7 nitrogen and oxygen atoms in total. The fourth-order valence-electron chi connectivity index (χ4n) is 2.89. The van der Waals surface area contributed by atoms with Crippen LogP contribution in [0.1, 0.15) is 5.69 Å². The molecule has 0 amide bonds. The number of piperazine rings is 1. The van der Waals surface area contributed by atoms with Crippen LogP contribution in [0.3, 0.4) is 0 Å². The van der Waals surface area contributed by atoms with Crippen LogP contribution in [0.4, 0.5) is 17.3 Å². The van der Waals surface area contributed by atoms with Crippen molar-refractivity contribution >= 4 is 27.3 Å². The molecule has 1 aliphatic rings. The van der Waals surface area contributed by atoms with Crippen molar-refractivity contribution in [1.82, 2.24) is 9.55 Å². The molecule has 2 heterocycles. The molecule has 0 spiro atoms. The highest BCUT2D eigenvalue weighted by atomic mass is 32.2. The van der Waals surface area contributed by atoms with Gasteiger partial charge in [0.2, 0.25) is 16.0 Å². The molecule has 0 bridgehead atoms. The summed E-state index contributed by atoms with van der Waals surface area (Å²) in [5, 5.41) is 0. The minimum Gasteiger partial charge on any atom is -0.368 e. The maximum absolute atomic E-state index is 11.3. The molecule has 2 aromatic rings. The zero-order valence-corrected chi connectivity index (χ0v) is 15.0. The van der Waals surface area contributed by atoms with Crippen molar-refractivity contribution in [2.24, 2.45) is 7.05 Å². The Bertz CT molecular complexity index is 805. The first-order valence-electron chi connectivity index (χ1n) is 7.89. The van der Waals surface area contributed by atoms with Crippen LogP contribution in [0.15, 0.2) is 30.5 Å². The molecule has 1 fully saturated rings. The van der Waals surface area contributed by atoms with E-state index in [2.05, 4.69) is 31.0 Å². The first-order chi connectivity index (χ1) is 11.3. The lowest BCUT2D eigenvalue weighted by Gasteiger charge is -2.36. The number of rotatable bonds is 4. The van der Waals surface area contributed by atoms with E-state index in [1.54, 1.807) is 12.1 Å². The second-order valence-corrected chi connectivity index (χ2v) is 7.90. The predicted molar refractivity (Wildman–Crippen MR) is 97.3 cm³/mol. The smallest absolute Gasteiger partial charge is 0.229 e. The van der Waals surface area contributed by atoms with Gasteiger partial charge < -0.3 is 14.4 Å².